The van der Waals surface area contributed by atoms with Crippen molar-refractivity contribution < 1.29 is 23.4 Å². The fourth-order valence-electron chi connectivity index (χ4n) is 2.28. The predicted molar refractivity (Wildman–Crippen MR) is 64.9 cm³/mol. The first-order valence-corrected chi connectivity index (χ1v) is 6.60. The van der Waals surface area contributed by atoms with Crippen molar-refractivity contribution >= 4 is 5.91 Å². The van der Waals surface area contributed by atoms with E-state index in [1.807, 2.05) is 6.08 Å². The summed E-state index contributed by atoms with van der Waals surface area (Å²) in [4.78, 5) is 11.5. The molecule has 1 fully saturated rings. The first-order chi connectivity index (χ1) is 8.96. The number of amides is 1. The fourth-order valence-corrected chi connectivity index (χ4v) is 2.28. The molecular weight excluding hydrogens is 256 g/mol. The van der Waals surface area contributed by atoms with Crippen LogP contribution in [0.15, 0.2) is 11.6 Å². The molecule has 0 aromatic rings. The molecule has 1 heterocycles. The summed E-state index contributed by atoms with van der Waals surface area (Å²) < 4.78 is 32.6. The van der Waals surface area contributed by atoms with E-state index in [4.69, 9.17) is 4.74 Å². The second-order valence-corrected chi connectivity index (χ2v) is 5.15. The molecule has 0 aromatic carbocycles. The molecule has 0 saturated heterocycles. The SMILES string of the molecule is O=C(NCCC1=CCOCC1)C(F)(F)C1(O)CCC1. The number of hydrogen-bond donors (Lipinski definition) is 2. The summed E-state index contributed by atoms with van der Waals surface area (Å²) in [5.41, 5.74) is -1.04. The van der Waals surface area contributed by atoms with E-state index in [1.165, 1.54) is 0 Å². The molecule has 0 radical (unpaired) electrons. The molecule has 108 valence electrons. The van der Waals surface area contributed by atoms with Gasteiger partial charge in [0.15, 0.2) is 0 Å². The van der Waals surface area contributed by atoms with Gasteiger partial charge in [-0.3, -0.25) is 4.79 Å². The monoisotopic (exact) mass is 275 g/mol. The van der Waals surface area contributed by atoms with Gasteiger partial charge in [0.1, 0.15) is 5.60 Å². The van der Waals surface area contributed by atoms with Gasteiger partial charge in [-0.25, -0.2) is 0 Å². The summed E-state index contributed by atoms with van der Waals surface area (Å²) >= 11 is 0. The van der Waals surface area contributed by atoms with Crippen LogP contribution in [0.2, 0.25) is 0 Å². The third-order valence-electron chi connectivity index (χ3n) is 3.84. The van der Waals surface area contributed by atoms with E-state index >= 15 is 0 Å². The molecule has 1 aliphatic carbocycles. The number of rotatable bonds is 5. The number of nitrogens with one attached hydrogen (secondary N) is 1. The highest BCUT2D eigenvalue weighted by Gasteiger charge is 2.60. The molecule has 2 aliphatic rings. The average Bonchev–Trinajstić information content (AvgIpc) is 2.36. The van der Waals surface area contributed by atoms with Gasteiger partial charge in [0.25, 0.3) is 5.91 Å². The first-order valence-electron chi connectivity index (χ1n) is 6.60. The van der Waals surface area contributed by atoms with E-state index < -0.39 is 17.4 Å². The van der Waals surface area contributed by atoms with Crippen LogP contribution < -0.4 is 5.32 Å². The molecule has 19 heavy (non-hydrogen) atoms. The molecule has 1 aliphatic heterocycles. The van der Waals surface area contributed by atoms with Gasteiger partial charge >= 0.3 is 5.92 Å². The lowest BCUT2D eigenvalue weighted by Gasteiger charge is -2.41. The standard InChI is InChI=1S/C13H19F2NO3/c14-13(15,12(18)5-1-6-12)11(17)16-7-2-10-3-8-19-9-4-10/h3,18H,1-2,4-9H2,(H,16,17). The molecule has 2 rings (SSSR count). The molecule has 0 spiro atoms. The lowest BCUT2D eigenvalue weighted by atomic mass is 9.75. The third-order valence-corrected chi connectivity index (χ3v) is 3.84. The molecular formula is C13H19F2NO3. The molecule has 2 N–H and O–H groups in total. The van der Waals surface area contributed by atoms with Crippen molar-refractivity contribution in [2.24, 2.45) is 0 Å². The quantitative estimate of drug-likeness (QED) is 0.745. The third kappa shape index (κ3) is 2.95. The van der Waals surface area contributed by atoms with E-state index in [0.29, 0.717) is 26.1 Å². The molecule has 6 heteroatoms. The van der Waals surface area contributed by atoms with Gasteiger partial charge < -0.3 is 15.2 Å². The smallest absolute Gasteiger partial charge is 0.352 e. The second-order valence-electron chi connectivity index (χ2n) is 5.15. The first kappa shape index (κ1) is 14.4. The van der Waals surface area contributed by atoms with Gasteiger partial charge in [0.05, 0.1) is 13.2 Å². The maximum absolute atomic E-state index is 13.7. The van der Waals surface area contributed by atoms with Crippen molar-refractivity contribution in [2.45, 2.75) is 43.6 Å². The molecule has 1 amide bonds. The zero-order valence-electron chi connectivity index (χ0n) is 10.8. The molecule has 0 atom stereocenters. The molecule has 0 unspecified atom stereocenters. The van der Waals surface area contributed by atoms with Gasteiger partial charge in [-0.05, 0) is 32.1 Å². The van der Waals surface area contributed by atoms with Crippen LogP contribution in [0.25, 0.3) is 0 Å². The number of hydrogen-bond acceptors (Lipinski definition) is 3. The normalized spacial score (nSPS) is 22.4. The van der Waals surface area contributed by atoms with Gasteiger partial charge in [-0.2, -0.15) is 8.78 Å². The van der Waals surface area contributed by atoms with Crippen molar-refractivity contribution in [1.29, 1.82) is 0 Å². The van der Waals surface area contributed by atoms with E-state index in [0.717, 1.165) is 12.0 Å². The fraction of sp³-hybridized carbons (Fsp3) is 0.769. The molecule has 0 aromatic heterocycles. The Hall–Kier alpha value is -1.01. The number of halogens is 2. The van der Waals surface area contributed by atoms with Gasteiger partial charge in [0.2, 0.25) is 0 Å². The topological polar surface area (TPSA) is 58.6 Å². The van der Waals surface area contributed by atoms with Crippen molar-refractivity contribution in [3.63, 3.8) is 0 Å². The van der Waals surface area contributed by atoms with Crippen LogP contribution in [0.3, 0.4) is 0 Å². The van der Waals surface area contributed by atoms with Gasteiger partial charge in [-0.15, -0.1) is 0 Å². The van der Waals surface area contributed by atoms with Crippen LogP contribution in [0.5, 0.6) is 0 Å². The van der Waals surface area contributed by atoms with Crippen molar-refractivity contribution in [3.05, 3.63) is 11.6 Å². The number of alkyl halides is 2. The summed E-state index contributed by atoms with van der Waals surface area (Å²) in [6, 6.07) is 0. The highest BCUT2D eigenvalue weighted by Crippen LogP contribution is 2.44. The summed E-state index contributed by atoms with van der Waals surface area (Å²) in [5.74, 6) is -5.07. The number of carbonyl (C=O) groups excluding carboxylic acids is 1. The Morgan fingerprint density at radius 2 is 2.26 bits per heavy atom. The predicted octanol–water partition coefficient (Wildman–Crippen LogP) is 1.39. The Bertz CT molecular complexity index is 378. The minimum atomic E-state index is -3.70. The minimum Gasteiger partial charge on any atom is -0.383 e. The summed E-state index contributed by atoms with van der Waals surface area (Å²) in [7, 11) is 0. The molecule has 0 bridgehead atoms. The summed E-state index contributed by atoms with van der Waals surface area (Å²) in [6.07, 6.45) is 3.73. The van der Waals surface area contributed by atoms with Crippen LogP contribution in [-0.4, -0.2) is 42.3 Å². The summed E-state index contributed by atoms with van der Waals surface area (Å²) in [6.45, 7) is 1.34. The number of carbonyl (C=O) groups is 1. The van der Waals surface area contributed by atoms with Crippen molar-refractivity contribution in [3.8, 4) is 0 Å². The van der Waals surface area contributed by atoms with E-state index in [9.17, 15) is 18.7 Å². The van der Waals surface area contributed by atoms with Gasteiger partial charge in [0, 0.05) is 6.54 Å². The average molecular weight is 275 g/mol. The Labute approximate surface area is 110 Å². The zero-order chi connectivity index (χ0) is 13.9. The Kier molecular flexibility index (Phi) is 4.20. The van der Waals surface area contributed by atoms with Crippen LogP contribution in [0.1, 0.15) is 32.1 Å². The van der Waals surface area contributed by atoms with Crippen LogP contribution in [0, 0.1) is 0 Å². The van der Waals surface area contributed by atoms with E-state index in [2.05, 4.69) is 5.32 Å². The summed E-state index contributed by atoms with van der Waals surface area (Å²) in [5, 5.41) is 11.8. The van der Waals surface area contributed by atoms with Crippen molar-refractivity contribution in [1.82, 2.24) is 5.32 Å². The zero-order valence-corrected chi connectivity index (χ0v) is 10.8. The Balaban J connectivity index is 1.79. The second kappa shape index (κ2) is 5.54. The van der Waals surface area contributed by atoms with E-state index in [-0.39, 0.29) is 19.4 Å². The maximum atomic E-state index is 13.7. The van der Waals surface area contributed by atoms with Gasteiger partial charge in [-0.1, -0.05) is 11.6 Å². The number of ether oxygens (including phenoxy) is 1. The number of aliphatic hydroxyl groups is 1. The molecule has 4 nitrogen and oxygen atoms in total. The lowest BCUT2D eigenvalue weighted by Crippen LogP contribution is -2.60. The van der Waals surface area contributed by atoms with Crippen molar-refractivity contribution in [2.75, 3.05) is 19.8 Å². The Morgan fingerprint density at radius 1 is 1.53 bits per heavy atom. The van der Waals surface area contributed by atoms with E-state index in [1.54, 1.807) is 0 Å². The minimum absolute atomic E-state index is 0.0179. The highest BCUT2D eigenvalue weighted by atomic mass is 19.3. The largest absolute Gasteiger partial charge is 0.383 e. The maximum Gasteiger partial charge on any atom is 0.352 e. The van der Waals surface area contributed by atoms with Crippen LogP contribution >= 0.6 is 0 Å². The molecule has 1 saturated carbocycles. The lowest BCUT2D eigenvalue weighted by molar-refractivity contribution is -0.215. The van der Waals surface area contributed by atoms with Crippen LogP contribution in [-0.2, 0) is 9.53 Å². The Morgan fingerprint density at radius 3 is 2.79 bits per heavy atom. The van der Waals surface area contributed by atoms with Crippen LogP contribution in [0.4, 0.5) is 8.78 Å². The highest BCUT2D eigenvalue weighted by molar-refractivity contribution is 5.85.